The maximum absolute atomic E-state index is 5.52. The smallest absolute Gasteiger partial charge is 0.191 e. The van der Waals surface area contributed by atoms with Crippen molar-refractivity contribution in [3.8, 4) is 17.2 Å². The van der Waals surface area contributed by atoms with Crippen LogP contribution in [-0.2, 0) is 11.3 Å². The molecule has 0 radical (unpaired) electrons. The second kappa shape index (κ2) is 12.5. The van der Waals surface area contributed by atoms with Gasteiger partial charge in [0.05, 0.1) is 34.5 Å². The van der Waals surface area contributed by atoms with E-state index in [-0.39, 0.29) is 0 Å². The van der Waals surface area contributed by atoms with Crippen molar-refractivity contribution in [2.75, 3.05) is 61.2 Å². The molecule has 30 heavy (non-hydrogen) atoms. The van der Waals surface area contributed by atoms with E-state index >= 15 is 0 Å². The summed E-state index contributed by atoms with van der Waals surface area (Å²) in [6.45, 7) is 9.49. The van der Waals surface area contributed by atoms with Crippen LogP contribution in [0.5, 0.6) is 17.2 Å². The molecule has 0 amide bonds. The molecule has 170 valence electrons. The zero-order valence-corrected chi connectivity index (χ0v) is 19.3. The maximum Gasteiger partial charge on any atom is 0.191 e. The minimum Gasteiger partial charge on any atom is -0.496 e. The van der Waals surface area contributed by atoms with Gasteiger partial charge in [-0.15, -0.1) is 0 Å². The molecule has 2 rings (SSSR count). The fraction of sp³-hybridized carbons (Fsp3) is 0.682. The summed E-state index contributed by atoms with van der Waals surface area (Å²) < 4.78 is 21.8. The first-order valence-electron chi connectivity index (χ1n) is 10.6. The second-order valence-corrected chi connectivity index (χ2v) is 7.76. The van der Waals surface area contributed by atoms with Crippen molar-refractivity contribution in [2.24, 2.45) is 10.9 Å². The van der Waals surface area contributed by atoms with E-state index in [9.17, 15) is 0 Å². The van der Waals surface area contributed by atoms with Crippen LogP contribution in [-0.4, -0.2) is 78.1 Å². The first kappa shape index (κ1) is 24.1. The molecular weight excluding hydrogens is 384 g/mol. The molecule has 1 saturated heterocycles. The predicted octanol–water partition coefficient (Wildman–Crippen LogP) is 2.12. The third-order valence-corrected chi connectivity index (χ3v) is 5.27. The monoisotopic (exact) mass is 422 g/mol. The van der Waals surface area contributed by atoms with E-state index < -0.39 is 0 Å². The number of hydrogen-bond donors (Lipinski definition) is 2. The van der Waals surface area contributed by atoms with Crippen molar-refractivity contribution in [1.29, 1.82) is 0 Å². The quantitative estimate of drug-likeness (QED) is 0.442. The Morgan fingerprint density at radius 1 is 1.03 bits per heavy atom. The molecular formula is C22H38N4O4. The van der Waals surface area contributed by atoms with Gasteiger partial charge in [0.25, 0.3) is 0 Å². The number of nitrogens with zero attached hydrogens (tertiary/aromatic N) is 2. The normalized spacial score (nSPS) is 16.3. The van der Waals surface area contributed by atoms with Crippen LogP contribution in [0.3, 0.4) is 0 Å². The van der Waals surface area contributed by atoms with E-state index in [1.807, 2.05) is 12.1 Å². The molecule has 0 spiro atoms. The summed E-state index contributed by atoms with van der Waals surface area (Å²) in [5, 5.41) is 6.87. The molecule has 1 atom stereocenters. The number of morpholine rings is 1. The van der Waals surface area contributed by atoms with Gasteiger partial charge in [0.15, 0.2) is 17.5 Å². The van der Waals surface area contributed by atoms with Gasteiger partial charge in [-0.3, -0.25) is 9.89 Å². The van der Waals surface area contributed by atoms with Crippen LogP contribution in [0, 0.1) is 5.92 Å². The maximum atomic E-state index is 5.52. The second-order valence-electron chi connectivity index (χ2n) is 7.76. The van der Waals surface area contributed by atoms with Gasteiger partial charge in [-0.1, -0.05) is 13.8 Å². The first-order valence-corrected chi connectivity index (χ1v) is 10.6. The Bertz CT molecular complexity index is 675. The van der Waals surface area contributed by atoms with Gasteiger partial charge >= 0.3 is 0 Å². The molecule has 1 fully saturated rings. The topological polar surface area (TPSA) is 76.6 Å². The molecule has 1 aromatic rings. The number of rotatable bonds is 10. The highest BCUT2D eigenvalue weighted by molar-refractivity contribution is 5.79. The van der Waals surface area contributed by atoms with E-state index in [0.29, 0.717) is 30.0 Å². The van der Waals surface area contributed by atoms with E-state index in [4.69, 9.17) is 18.9 Å². The van der Waals surface area contributed by atoms with Gasteiger partial charge in [-0.2, -0.15) is 0 Å². The molecule has 2 N–H and O–H groups in total. The van der Waals surface area contributed by atoms with E-state index in [1.165, 1.54) is 0 Å². The van der Waals surface area contributed by atoms with Gasteiger partial charge in [-0.05, 0) is 18.4 Å². The van der Waals surface area contributed by atoms with Crippen molar-refractivity contribution in [1.82, 2.24) is 15.5 Å². The number of nitrogens with one attached hydrogen (secondary N) is 2. The number of hydrogen-bond acceptors (Lipinski definition) is 6. The standard InChI is InChI=1S/C22H38N4O4/c1-16(2)11-18(26-7-9-30-10-8-26)15-25-22(23-3)24-14-17-12-20(28-5)21(29-6)13-19(17)27-4/h12-13,16,18H,7-11,14-15H2,1-6H3,(H2,23,24,25). The van der Waals surface area contributed by atoms with Crippen molar-refractivity contribution < 1.29 is 18.9 Å². The summed E-state index contributed by atoms with van der Waals surface area (Å²) in [5.41, 5.74) is 0.963. The summed E-state index contributed by atoms with van der Waals surface area (Å²) >= 11 is 0. The molecule has 1 aliphatic rings. The highest BCUT2D eigenvalue weighted by Crippen LogP contribution is 2.34. The molecule has 1 heterocycles. The average Bonchev–Trinajstić information content (AvgIpc) is 2.77. The Kier molecular flexibility index (Phi) is 10.0. The lowest BCUT2D eigenvalue weighted by Gasteiger charge is -2.35. The largest absolute Gasteiger partial charge is 0.496 e. The number of aliphatic imine (C=N–C) groups is 1. The number of ether oxygens (including phenoxy) is 4. The summed E-state index contributed by atoms with van der Waals surface area (Å²) in [6, 6.07) is 4.21. The fourth-order valence-corrected chi connectivity index (χ4v) is 3.69. The molecule has 0 bridgehead atoms. The summed E-state index contributed by atoms with van der Waals surface area (Å²) in [6.07, 6.45) is 1.13. The zero-order chi connectivity index (χ0) is 21.9. The van der Waals surface area contributed by atoms with Gasteiger partial charge in [0, 0.05) is 50.9 Å². The third-order valence-electron chi connectivity index (χ3n) is 5.27. The average molecular weight is 423 g/mol. The van der Waals surface area contributed by atoms with Gasteiger partial charge in [0.1, 0.15) is 5.75 Å². The lowest BCUT2D eigenvalue weighted by Crippen LogP contribution is -2.51. The van der Waals surface area contributed by atoms with E-state index in [2.05, 4.69) is 34.4 Å². The molecule has 0 aromatic heterocycles. The Labute approximate surface area is 180 Å². The van der Waals surface area contributed by atoms with Crippen molar-refractivity contribution in [3.63, 3.8) is 0 Å². The Morgan fingerprint density at radius 2 is 1.67 bits per heavy atom. The Balaban J connectivity index is 1.99. The van der Waals surface area contributed by atoms with E-state index in [0.717, 1.165) is 56.5 Å². The third kappa shape index (κ3) is 6.95. The lowest BCUT2D eigenvalue weighted by atomic mass is 10.0. The summed E-state index contributed by atoms with van der Waals surface area (Å²) in [7, 11) is 6.68. The highest BCUT2D eigenvalue weighted by Gasteiger charge is 2.22. The van der Waals surface area contributed by atoms with Gasteiger partial charge in [-0.25, -0.2) is 0 Å². The zero-order valence-electron chi connectivity index (χ0n) is 19.3. The molecule has 1 aliphatic heterocycles. The van der Waals surface area contributed by atoms with Crippen LogP contribution in [0.1, 0.15) is 25.8 Å². The van der Waals surface area contributed by atoms with E-state index in [1.54, 1.807) is 28.4 Å². The van der Waals surface area contributed by atoms with Crippen molar-refractivity contribution in [3.05, 3.63) is 17.7 Å². The van der Waals surface area contributed by atoms with Gasteiger partial charge < -0.3 is 29.6 Å². The summed E-state index contributed by atoms with van der Waals surface area (Å²) in [4.78, 5) is 6.90. The van der Waals surface area contributed by atoms with Crippen LogP contribution in [0.2, 0.25) is 0 Å². The minimum absolute atomic E-state index is 0.447. The number of methoxy groups -OCH3 is 3. The Morgan fingerprint density at radius 3 is 2.23 bits per heavy atom. The van der Waals surface area contributed by atoms with Crippen LogP contribution in [0.4, 0.5) is 0 Å². The molecule has 0 aliphatic carbocycles. The van der Waals surface area contributed by atoms with Crippen LogP contribution >= 0.6 is 0 Å². The lowest BCUT2D eigenvalue weighted by molar-refractivity contribution is 0.0132. The van der Waals surface area contributed by atoms with Crippen LogP contribution in [0.25, 0.3) is 0 Å². The van der Waals surface area contributed by atoms with Crippen LogP contribution < -0.4 is 24.8 Å². The minimum atomic E-state index is 0.447. The Hall–Kier alpha value is -2.19. The molecule has 1 unspecified atom stereocenters. The highest BCUT2D eigenvalue weighted by atomic mass is 16.5. The fourth-order valence-electron chi connectivity index (χ4n) is 3.69. The SMILES string of the molecule is CN=C(NCc1cc(OC)c(OC)cc1OC)NCC(CC(C)C)N1CCOCC1. The molecule has 1 aromatic carbocycles. The summed E-state index contributed by atoms with van der Waals surface area (Å²) in [5.74, 6) is 3.44. The number of guanidine groups is 1. The number of benzene rings is 1. The molecule has 8 nitrogen and oxygen atoms in total. The molecule has 0 saturated carbocycles. The first-order chi connectivity index (χ1) is 14.5. The van der Waals surface area contributed by atoms with Crippen molar-refractivity contribution >= 4 is 5.96 Å². The predicted molar refractivity (Wildman–Crippen MR) is 120 cm³/mol. The van der Waals surface area contributed by atoms with Gasteiger partial charge in [0.2, 0.25) is 0 Å². The van der Waals surface area contributed by atoms with Crippen molar-refractivity contribution in [2.45, 2.75) is 32.9 Å². The van der Waals surface area contributed by atoms with Crippen LogP contribution in [0.15, 0.2) is 17.1 Å². The molecule has 8 heteroatoms.